The Morgan fingerprint density at radius 3 is 2.31 bits per heavy atom. The highest BCUT2D eigenvalue weighted by molar-refractivity contribution is 5.15. The topological polar surface area (TPSA) is 3.24 Å². The van der Waals surface area contributed by atoms with E-state index >= 15 is 0 Å². The van der Waals surface area contributed by atoms with Crippen LogP contribution in [-0.4, -0.2) is 24.0 Å². The van der Waals surface area contributed by atoms with Gasteiger partial charge in [0, 0.05) is 25.6 Å². The van der Waals surface area contributed by atoms with Gasteiger partial charge in [0.25, 0.3) is 0 Å². The Kier molecular flexibility index (Phi) is 3.48. The van der Waals surface area contributed by atoms with Gasteiger partial charge in [0.1, 0.15) is 5.83 Å². The summed E-state index contributed by atoms with van der Waals surface area (Å²) in [4.78, 5) is 2.33. The van der Waals surface area contributed by atoms with E-state index in [0.717, 1.165) is 18.7 Å². The van der Waals surface area contributed by atoms with Crippen LogP contribution in [0.15, 0.2) is 11.4 Å². The van der Waals surface area contributed by atoms with Crippen molar-refractivity contribution < 1.29 is 4.39 Å². The number of hydrogen-bond donors (Lipinski definition) is 0. The maximum Gasteiger partial charge on any atom is 0.102 e. The van der Waals surface area contributed by atoms with Crippen molar-refractivity contribution in [1.29, 1.82) is 0 Å². The molecule has 1 heterocycles. The van der Waals surface area contributed by atoms with Crippen molar-refractivity contribution >= 4 is 0 Å². The van der Waals surface area contributed by atoms with Crippen molar-refractivity contribution in [2.45, 2.75) is 40.2 Å². The van der Waals surface area contributed by atoms with Crippen LogP contribution in [0.3, 0.4) is 0 Å². The molecule has 1 aliphatic heterocycles. The van der Waals surface area contributed by atoms with E-state index in [2.05, 4.69) is 32.6 Å². The second kappa shape index (κ2) is 4.23. The zero-order valence-corrected chi connectivity index (χ0v) is 9.10. The Balaban J connectivity index is 2.70. The Morgan fingerprint density at radius 2 is 1.85 bits per heavy atom. The molecule has 0 aromatic heterocycles. The molecule has 0 unspecified atom stereocenters. The minimum Gasteiger partial charge on any atom is -0.296 e. The number of rotatable bonds is 2. The molecule has 0 radical (unpaired) electrons. The van der Waals surface area contributed by atoms with Crippen molar-refractivity contribution in [3.63, 3.8) is 0 Å². The van der Waals surface area contributed by atoms with Gasteiger partial charge >= 0.3 is 0 Å². The summed E-state index contributed by atoms with van der Waals surface area (Å²) in [6.07, 6.45) is 0.603. The van der Waals surface area contributed by atoms with E-state index in [0.29, 0.717) is 18.4 Å². The van der Waals surface area contributed by atoms with Crippen molar-refractivity contribution in [3.05, 3.63) is 11.4 Å². The van der Waals surface area contributed by atoms with Gasteiger partial charge in [-0.15, -0.1) is 0 Å². The first-order chi connectivity index (χ1) is 6.02. The largest absolute Gasteiger partial charge is 0.296 e. The average Bonchev–Trinajstić information content (AvgIpc) is 2.04. The first-order valence-corrected chi connectivity index (χ1v) is 5.13. The molecule has 0 aliphatic carbocycles. The molecule has 0 saturated heterocycles. The summed E-state index contributed by atoms with van der Waals surface area (Å²) in [6.45, 7) is 10.2. The molecule has 0 bridgehead atoms. The zero-order chi connectivity index (χ0) is 10.0. The van der Waals surface area contributed by atoms with Gasteiger partial charge in [-0.25, -0.2) is 4.39 Å². The van der Waals surface area contributed by atoms with E-state index in [1.54, 1.807) is 0 Å². The van der Waals surface area contributed by atoms with Gasteiger partial charge in [0.05, 0.1) is 0 Å². The minimum atomic E-state index is 0.131. The molecule has 0 fully saturated rings. The normalized spacial score (nSPS) is 20.5. The van der Waals surface area contributed by atoms with E-state index in [1.165, 1.54) is 0 Å². The maximum atomic E-state index is 13.4. The Labute approximate surface area is 80.6 Å². The van der Waals surface area contributed by atoms with Crippen molar-refractivity contribution in [3.8, 4) is 0 Å². The van der Waals surface area contributed by atoms with Crippen LogP contribution < -0.4 is 0 Å². The molecule has 0 N–H and O–H groups in total. The minimum absolute atomic E-state index is 0.131. The number of halogens is 1. The van der Waals surface area contributed by atoms with Gasteiger partial charge in [0.15, 0.2) is 0 Å². The Bertz CT molecular complexity index is 206. The molecule has 0 saturated carbocycles. The monoisotopic (exact) mass is 185 g/mol. The van der Waals surface area contributed by atoms with Crippen LogP contribution in [-0.2, 0) is 0 Å². The summed E-state index contributed by atoms with van der Waals surface area (Å²) in [5.41, 5.74) is 1.000. The van der Waals surface area contributed by atoms with Crippen LogP contribution in [0.4, 0.5) is 4.39 Å². The third kappa shape index (κ3) is 2.53. The van der Waals surface area contributed by atoms with E-state index in [1.807, 2.05) is 0 Å². The van der Waals surface area contributed by atoms with E-state index in [-0.39, 0.29) is 5.83 Å². The van der Waals surface area contributed by atoms with Gasteiger partial charge in [-0.1, -0.05) is 13.8 Å². The molecule has 1 aliphatic rings. The van der Waals surface area contributed by atoms with Gasteiger partial charge < -0.3 is 0 Å². The molecule has 1 rings (SSSR count). The smallest absolute Gasteiger partial charge is 0.102 e. The average molecular weight is 185 g/mol. The third-order valence-electron chi connectivity index (χ3n) is 2.77. The molecule has 13 heavy (non-hydrogen) atoms. The fraction of sp³-hybridized carbons (Fsp3) is 0.818. The highest BCUT2D eigenvalue weighted by Crippen LogP contribution is 2.25. The van der Waals surface area contributed by atoms with Gasteiger partial charge in [-0.2, -0.15) is 0 Å². The van der Waals surface area contributed by atoms with Crippen molar-refractivity contribution in [2.75, 3.05) is 13.1 Å². The molecular weight excluding hydrogens is 165 g/mol. The third-order valence-corrected chi connectivity index (χ3v) is 2.77. The molecule has 0 spiro atoms. The summed E-state index contributed by atoms with van der Waals surface area (Å²) in [6, 6.07) is 0.529. The predicted octanol–water partition coefficient (Wildman–Crippen LogP) is 2.98. The first-order valence-electron chi connectivity index (χ1n) is 5.13. The standard InChI is InChI=1S/C11H20FN/c1-8(2)10-7-13(9(3)4)6-5-11(10)12/h8-9H,5-7H2,1-4H3. The van der Waals surface area contributed by atoms with E-state index in [4.69, 9.17) is 0 Å². The summed E-state index contributed by atoms with van der Waals surface area (Å²) < 4.78 is 13.4. The van der Waals surface area contributed by atoms with E-state index in [9.17, 15) is 4.39 Å². The molecular formula is C11H20FN. The van der Waals surface area contributed by atoms with Crippen LogP contribution in [0, 0.1) is 5.92 Å². The lowest BCUT2D eigenvalue weighted by atomic mass is 9.97. The molecule has 0 atom stereocenters. The fourth-order valence-corrected chi connectivity index (χ4v) is 1.72. The number of nitrogens with zero attached hydrogens (tertiary/aromatic N) is 1. The van der Waals surface area contributed by atoms with Crippen LogP contribution >= 0.6 is 0 Å². The molecule has 0 amide bonds. The Morgan fingerprint density at radius 1 is 1.23 bits per heavy atom. The summed E-state index contributed by atoms with van der Waals surface area (Å²) in [5.74, 6) is 0.480. The second-order valence-corrected chi connectivity index (χ2v) is 4.40. The highest BCUT2D eigenvalue weighted by Gasteiger charge is 2.22. The molecule has 76 valence electrons. The van der Waals surface area contributed by atoms with Gasteiger partial charge in [-0.3, -0.25) is 4.90 Å². The molecule has 1 nitrogen and oxygen atoms in total. The zero-order valence-electron chi connectivity index (χ0n) is 9.10. The lowest BCUT2D eigenvalue weighted by Gasteiger charge is -2.32. The van der Waals surface area contributed by atoms with Crippen LogP contribution in [0.5, 0.6) is 0 Å². The summed E-state index contributed by atoms with van der Waals surface area (Å²) in [7, 11) is 0. The second-order valence-electron chi connectivity index (χ2n) is 4.40. The molecule has 0 aromatic rings. The quantitative estimate of drug-likeness (QED) is 0.639. The van der Waals surface area contributed by atoms with Crippen LogP contribution in [0.1, 0.15) is 34.1 Å². The van der Waals surface area contributed by atoms with Crippen molar-refractivity contribution in [2.24, 2.45) is 5.92 Å². The van der Waals surface area contributed by atoms with E-state index < -0.39 is 0 Å². The van der Waals surface area contributed by atoms with Crippen LogP contribution in [0.25, 0.3) is 0 Å². The lowest BCUT2D eigenvalue weighted by molar-refractivity contribution is 0.213. The summed E-state index contributed by atoms with van der Waals surface area (Å²) in [5, 5.41) is 0. The maximum absolute atomic E-state index is 13.4. The predicted molar refractivity (Wildman–Crippen MR) is 54.3 cm³/mol. The summed E-state index contributed by atoms with van der Waals surface area (Å²) >= 11 is 0. The fourth-order valence-electron chi connectivity index (χ4n) is 1.72. The number of hydrogen-bond acceptors (Lipinski definition) is 1. The van der Waals surface area contributed by atoms with Gasteiger partial charge in [-0.05, 0) is 25.3 Å². The van der Waals surface area contributed by atoms with Crippen molar-refractivity contribution in [1.82, 2.24) is 4.90 Å². The SMILES string of the molecule is CC(C)C1=C(F)CCN(C(C)C)C1. The molecule has 2 heteroatoms. The molecule has 0 aromatic carbocycles. The van der Waals surface area contributed by atoms with Crippen LogP contribution in [0.2, 0.25) is 0 Å². The highest BCUT2D eigenvalue weighted by atomic mass is 19.1. The Hall–Kier alpha value is -0.370. The lowest BCUT2D eigenvalue weighted by Crippen LogP contribution is -2.37. The first kappa shape index (κ1) is 10.7. The van der Waals surface area contributed by atoms with Gasteiger partial charge in [0.2, 0.25) is 0 Å².